The monoisotopic (exact) mass is 236 g/mol. The van der Waals surface area contributed by atoms with E-state index in [1.54, 1.807) is 20.3 Å². The Morgan fingerprint density at radius 1 is 1.29 bits per heavy atom. The maximum atomic E-state index is 5.99. The number of anilines is 2. The SMILES string of the molecule is CCC1CC1Nc1cc(OC)c(OC)cc1N. The first-order valence-corrected chi connectivity index (χ1v) is 5.97. The van der Waals surface area contributed by atoms with Crippen molar-refractivity contribution in [2.24, 2.45) is 5.92 Å². The van der Waals surface area contributed by atoms with E-state index in [4.69, 9.17) is 15.2 Å². The second-order valence-electron chi connectivity index (χ2n) is 4.45. The highest BCUT2D eigenvalue weighted by Gasteiger charge is 2.35. The summed E-state index contributed by atoms with van der Waals surface area (Å²) >= 11 is 0. The molecule has 4 nitrogen and oxygen atoms in total. The van der Waals surface area contributed by atoms with E-state index >= 15 is 0 Å². The number of nitrogens with one attached hydrogen (secondary N) is 1. The minimum Gasteiger partial charge on any atom is -0.493 e. The maximum Gasteiger partial charge on any atom is 0.162 e. The van der Waals surface area contributed by atoms with Crippen LogP contribution in [0.5, 0.6) is 11.5 Å². The predicted molar refractivity (Wildman–Crippen MR) is 69.8 cm³/mol. The molecule has 0 heterocycles. The molecule has 0 radical (unpaired) electrons. The third-order valence-electron chi connectivity index (χ3n) is 3.34. The van der Waals surface area contributed by atoms with Gasteiger partial charge in [-0.3, -0.25) is 0 Å². The van der Waals surface area contributed by atoms with E-state index in [9.17, 15) is 0 Å². The van der Waals surface area contributed by atoms with Gasteiger partial charge in [-0.1, -0.05) is 13.3 Å². The van der Waals surface area contributed by atoms with Crippen LogP contribution in [-0.2, 0) is 0 Å². The Morgan fingerprint density at radius 3 is 2.47 bits per heavy atom. The van der Waals surface area contributed by atoms with Crippen molar-refractivity contribution in [1.82, 2.24) is 0 Å². The Kier molecular flexibility index (Phi) is 3.31. The van der Waals surface area contributed by atoms with Gasteiger partial charge in [0.2, 0.25) is 0 Å². The molecule has 0 saturated heterocycles. The minimum absolute atomic E-state index is 0.556. The van der Waals surface area contributed by atoms with Gasteiger partial charge in [-0.05, 0) is 12.3 Å². The zero-order valence-corrected chi connectivity index (χ0v) is 10.6. The van der Waals surface area contributed by atoms with Gasteiger partial charge in [0.15, 0.2) is 11.5 Å². The molecule has 2 atom stereocenters. The molecule has 1 aliphatic rings. The molecule has 0 aliphatic heterocycles. The highest BCUT2D eigenvalue weighted by molar-refractivity contribution is 5.72. The molecule has 1 fully saturated rings. The van der Waals surface area contributed by atoms with Crippen LogP contribution in [0.2, 0.25) is 0 Å². The van der Waals surface area contributed by atoms with Crippen LogP contribution in [0.15, 0.2) is 12.1 Å². The van der Waals surface area contributed by atoms with E-state index < -0.39 is 0 Å². The van der Waals surface area contributed by atoms with Crippen molar-refractivity contribution < 1.29 is 9.47 Å². The fourth-order valence-electron chi connectivity index (χ4n) is 2.10. The summed E-state index contributed by atoms with van der Waals surface area (Å²) in [5.41, 5.74) is 7.62. The number of rotatable bonds is 5. The van der Waals surface area contributed by atoms with Crippen molar-refractivity contribution in [2.45, 2.75) is 25.8 Å². The number of benzene rings is 1. The van der Waals surface area contributed by atoms with E-state index in [1.807, 2.05) is 6.07 Å². The molecule has 0 bridgehead atoms. The van der Waals surface area contributed by atoms with Crippen molar-refractivity contribution >= 4 is 11.4 Å². The van der Waals surface area contributed by atoms with Gasteiger partial charge in [0.25, 0.3) is 0 Å². The summed E-state index contributed by atoms with van der Waals surface area (Å²) in [5, 5.41) is 3.45. The third kappa shape index (κ3) is 2.40. The van der Waals surface area contributed by atoms with E-state index in [0.29, 0.717) is 23.2 Å². The molecule has 1 aromatic rings. The topological polar surface area (TPSA) is 56.5 Å². The highest BCUT2D eigenvalue weighted by atomic mass is 16.5. The Hall–Kier alpha value is -1.58. The summed E-state index contributed by atoms with van der Waals surface area (Å²) in [5.74, 6) is 2.15. The first-order chi connectivity index (χ1) is 8.19. The van der Waals surface area contributed by atoms with Crippen molar-refractivity contribution in [3.05, 3.63) is 12.1 Å². The zero-order chi connectivity index (χ0) is 12.4. The smallest absolute Gasteiger partial charge is 0.162 e. The summed E-state index contributed by atoms with van der Waals surface area (Å²) in [6.45, 7) is 2.21. The Bertz CT molecular complexity index is 407. The molecule has 4 heteroatoms. The van der Waals surface area contributed by atoms with Gasteiger partial charge in [-0.15, -0.1) is 0 Å². The average molecular weight is 236 g/mol. The quantitative estimate of drug-likeness (QED) is 0.771. The van der Waals surface area contributed by atoms with Gasteiger partial charge < -0.3 is 20.5 Å². The van der Waals surface area contributed by atoms with Crippen LogP contribution in [-0.4, -0.2) is 20.3 Å². The molecule has 0 aromatic heterocycles. The van der Waals surface area contributed by atoms with Crippen molar-refractivity contribution in [3.63, 3.8) is 0 Å². The fraction of sp³-hybridized carbons (Fsp3) is 0.538. The lowest BCUT2D eigenvalue weighted by Gasteiger charge is -2.14. The van der Waals surface area contributed by atoms with Gasteiger partial charge in [0.05, 0.1) is 25.6 Å². The molecule has 17 heavy (non-hydrogen) atoms. The second kappa shape index (κ2) is 4.73. The number of hydrogen-bond acceptors (Lipinski definition) is 4. The Morgan fingerprint density at radius 2 is 1.94 bits per heavy atom. The summed E-state index contributed by atoms with van der Waals surface area (Å²) in [6, 6.07) is 4.25. The lowest BCUT2D eigenvalue weighted by atomic mass is 10.2. The Labute approximate surface area is 102 Å². The van der Waals surface area contributed by atoms with Gasteiger partial charge in [-0.25, -0.2) is 0 Å². The maximum absolute atomic E-state index is 5.99. The van der Waals surface area contributed by atoms with Crippen LogP contribution in [0, 0.1) is 5.92 Å². The number of nitrogens with two attached hydrogens (primary N) is 1. The molecular weight excluding hydrogens is 216 g/mol. The number of ether oxygens (including phenoxy) is 2. The van der Waals surface area contributed by atoms with Gasteiger partial charge in [0, 0.05) is 18.2 Å². The van der Waals surface area contributed by atoms with Gasteiger partial charge in [0.1, 0.15) is 0 Å². The van der Waals surface area contributed by atoms with Crippen molar-refractivity contribution in [1.29, 1.82) is 0 Å². The molecule has 1 aliphatic carbocycles. The number of methoxy groups -OCH3 is 2. The third-order valence-corrected chi connectivity index (χ3v) is 3.34. The lowest BCUT2D eigenvalue weighted by molar-refractivity contribution is 0.355. The molecular formula is C13H20N2O2. The molecule has 0 spiro atoms. The van der Waals surface area contributed by atoms with Crippen molar-refractivity contribution in [3.8, 4) is 11.5 Å². The second-order valence-corrected chi connectivity index (χ2v) is 4.45. The van der Waals surface area contributed by atoms with Crippen LogP contribution >= 0.6 is 0 Å². The molecule has 1 aromatic carbocycles. The largest absolute Gasteiger partial charge is 0.493 e. The van der Waals surface area contributed by atoms with E-state index in [2.05, 4.69) is 12.2 Å². The summed E-state index contributed by atoms with van der Waals surface area (Å²) < 4.78 is 10.5. The van der Waals surface area contributed by atoms with E-state index in [-0.39, 0.29) is 0 Å². The van der Waals surface area contributed by atoms with E-state index in [0.717, 1.165) is 11.6 Å². The summed E-state index contributed by atoms with van der Waals surface area (Å²) in [4.78, 5) is 0. The normalized spacial score (nSPS) is 22.1. The standard InChI is InChI=1S/C13H20N2O2/c1-4-8-5-10(8)15-11-7-13(17-3)12(16-2)6-9(11)14/h6-8,10,15H,4-5,14H2,1-3H3. The average Bonchev–Trinajstić information content (AvgIpc) is 3.09. The van der Waals surface area contributed by atoms with Gasteiger partial charge >= 0.3 is 0 Å². The minimum atomic E-state index is 0.556. The van der Waals surface area contributed by atoms with Crippen molar-refractivity contribution in [2.75, 3.05) is 25.3 Å². The number of hydrogen-bond donors (Lipinski definition) is 2. The summed E-state index contributed by atoms with van der Waals surface area (Å²) in [7, 11) is 3.24. The fourth-order valence-corrected chi connectivity index (χ4v) is 2.10. The molecule has 2 unspecified atom stereocenters. The van der Waals surface area contributed by atoms with Crippen LogP contribution < -0.4 is 20.5 Å². The Balaban J connectivity index is 2.16. The van der Waals surface area contributed by atoms with Crippen LogP contribution in [0.1, 0.15) is 19.8 Å². The van der Waals surface area contributed by atoms with Gasteiger partial charge in [-0.2, -0.15) is 0 Å². The first kappa shape index (κ1) is 11.9. The lowest BCUT2D eigenvalue weighted by Crippen LogP contribution is -2.07. The number of nitrogen functional groups attached to an aromatic ring is 1. The zero-order valence-electron chi connectivity index (χ0n) is 10.6. The van der Waals surface area contributed by atoms with Crippen LogP contribution in [0.3, 0.4) is 0 Å². The molecule has 2 rings (SSSR count). The molecule has 94 valence electrons. The van der Waals surface area contributed by atoms with E-state index in [1.165, 1.54) is 12.8 Å². The first-order valence-electron chi connectivity index (χ1n) is 5.97. The predicted octanol–water partition coefficient (Wildman–Crippen LogP) is 2.50. The van der Waals surface area contributed by atoms with Crippen LogP contribution in [0.25, 0.3) is 0 Å². The molecule has 1 saturated carbocycles. The molecule has 0 amide bonds. The highest BCUT2D eigenvalue weighted by Crippen LogP contribution is 2.40. The molecule has 3 N–H and O–H groups in total. The van der Waals surface area contributed by atoms with Crippen LogP contribution in [0.4, 0.5) is 11.4 Å². The summed E-state index contributed by atoms with van der Waals surface area (Å²) in [6.07, 6.45) is 2.44.